The number of amides is 1. The van der Waals surface area contributed by atoms with Crippen molar-refractivity contribution in [3.8, 4) is 5.82 Å². The van der Waals surface area contributed by atoms with Crippen LogP contribution in [0.25, 0.3) is 5.82 Å². The van der Waals surface area contributed by atoms with Gasteiger partial charge in [0.1, 0.15) is 17.7 Å². The Morgan fingerprint density at radius 2 is 1.97 bits per heavy atom. The van der Waals surface area contributed by atoms with Gasteiger partial charge >= 0.3 is 0 Å². The van der Waals surface area contributed by atoms with Gasteiger partial charge in [-0.05, 0) is 36.1 Å². The summed E-state index contributed by atoms with van der Waals surface area (Å²) in [7, 11) is 1.79. The topological polar surface area (TPSA) is 96.8 Å². The normalized spacial score (nSPS) is 15.2. The molecule has 1 unspecified atom stereocenters. The van der Waals surface area contributed by atoms with Gasteiger partial charge in [-0.2, -0.15) is 9.97 Å². The fourth-order valence-corrected chi connectivity index (χ4v) is 4.22. The van der Waals surface area contributed by atoms with E-state index in [4.69, 9.17) is 0 Å². The Bertz CT molecular complexity index is 985. The lowest BCUT2D eigenvalue weighted by molar-refractivity contribution is -0.122. The second-order valence-corrected chi connectivity index (χ2v) is 8.29. The van der Waals surface area contributed by atoms with Crippen molar-refractivity contribution < 1.29 is 4.79 Å². The molecule has 3 aromatic heterocycles. The van der Waals surface area contributed by atoms with E-state index in [9.17, 15) is 4.79 Å². The van der Waals surface area contributed by atoms with E-state index in [0.29, 0.717) is 24.2 Å². The van der Waals surface area contributed by atoms with Gasteiger partial charge < -0.3 is 20.5 Å². The van der Waals surface area contributed by atoms with Crippen molar-refractivity contribution in [2.75, 3.05) is 17.7 Å². The molecule has 0 radical (unpaired) electrons. The predicted octanol–water partition coefficient (Wildman–Crippen LogP) is 3.77. The second-order valence-electron chi connectivity index (χ2n) is 8.29. The highest BCUT2D eigenvalue weighted by Gasteiger charge is 2.25. The molecule has 32 heavy (non-hydrogen) atoms. The van der Waals surface area contributed by atoms with Gasteiger partial charge in [-0.25, -0.2) is 0 Å². The molecule has 1 saturated carbocycles. The number of rotatable bonds is 9. The van der Waals surface area contributed by atoms with Crippen LogP contribution in [-0.2, 0) is 11.3 Å². The lowest BCUT2D eigenvalue weighted by Gasteiger charge is -2.27. The molecule has 1 fully saturated rings. The van der Waals surface area contributed by atoms with Gasteiger partial charge in [0.15, 0.2) is 0 Å². The van der Waals surface area contributed by atoms with Crippen molar-refractivity contribution in [1.82, 2.24) is 24.8 Å². The number of pyridine rings is 1. The van der Waals surface area contributed by atoms with Crippen molar-refractivity contribution in [2.45, 2.75) is 51.1 Å². The van der Waals surface area contributed by atoms with E-state index < -0.39 is 0 Å². The van der Waals surface area contributed by atoms with Crippen LogP contribution in [0.2, 0.25) is 0 Å². The van der Waals surface area contributed by atoms with Crippen molar-refractivity contribution in [3.63, 3.8) is 0 Å². The maximum Gasteiger partial charge on any atom is 0.242 e. The zero-order chi connectivity index (χ0) is 22.2. The van der Waals surface area contributed by atoms with Gasteiger partial charge in [-0.3, -0.25) is 9.78 Å². The van der Waals surface area contributed by atoms with E-state index >= 15 is 0 Å². The first-order valence-corrected chi connectivity index (χ1v) is 11.3. The Morgan fingerprint density at radius 1 is 1.16 bits per heavy atom. The summed E-state index contributed by atoms with van der Waals surface area (Å²) in [5.74, 6) is 2.40. The average Bonchev–Trinajstić information content (AvgIpc) is 3.38. The summed E-state index contributed by atoms with van der Waals surface area (Å²) in [5, 5.41) is 9.50. The number of hydrogen-bond acceptors (Lipinski definition) is 6. The first-order valence-electron chi connectivity index (χ1n) is 11.3. The first-order chi connectivity index (χ1) is 15.7. The van der Waals surface area contributed by atoms with Gasteiger partial charge in [0.2, 0.25) is 11.9 Å². The number of aromatic nitrogens is 4. The molecule has 8 nitrogen and oxygen atoms in total. The Kier molecular flexibility index (Phi) is 7.32. The van der Waals surface area contributed by atoms with Crippen molar-refractivity contribution in [2.24, 2.45) is 5.92 Å². The van der Waals surface area contributed by atoms with Crippen LogP contribution in [-0.4, -0.2) is 38.5 Å². The summed E-state index contributed by atoms with van der Waals surface area (Å²) in [5.41, 5.74) is 0.978. The lowest BCUT2D eigenvalue weighted by Crippen LogP contribution is -2.41. The molecule has 0 saturated heterocycles. The molecule has 0 aliphatic heterocycles. The van der Waals surface area contributed by atoms with Crippen LogP contribution in [0, 0.1) is 5.92 Å². The molecule has 0 spiro atoms. The van der Waals surface area contributed by atoms with Crippen molar-refractivity contribution in [3.05, 3.63) is 60.7 Å². The molecule has 3 heterocycles. The molecule has 1 aliphatic rings. The van der Waals surface area contributed by atoms with Crippen LogP contribution in [0.15, 0.2) is 55.1 Å². The van der Waals surface area contributed by atoms with Crippen LogP contribution in [0.4, 0.5) is 11.8 Å². The van der Waals surface area contributed by atoms with Gasteiger partial charge in [-0.15, -0.1) is 0 Å². The molecule has 3 N–H and O–H groups in total. The molecular weight excluding hydrogens is 402 g/mol. The molecule has 168 valence electrons. The first kappa shape index (κ1) is 21.8. The quantitative estimate of drug-likeness (QED) is 0.475. The number of carbonyl (C=O) groups excluding carboxylic acids is 1. The molecular formula is C24H31N7O. The van der Waals surface area contributed by atoms with Gasteiger partial charge in [0.25, 0.3) is 0 Å². The summed E-state index contributed by atoms with van der Waals surface area (Å²) in [6.07, 6.45) is 14.3. The number of carbonyl (C=O) groups is 1. The molecule has 0 aromatic carbocycles. The van der Waals surface area contributed by atoms with E-state index in [0.717, 1.165) is 17.8 Å². The Balaban J connectivity index is 1.52. The number of nitrogens with zero attached hydrogens (tertiary/aromatic N) is 4. The van der Waals surface area contributed by atoms with Gasteiger partial charge in [0.05, 0.1) is 0 Å². The molecule has 0 bridgehead atoms. The predicted molar refractivity (Wildman–Crippen MR) is 126 cm³/mol. The Morgan fingerprint density at radius 3 is 2.69 bits per heavy atom. The van der Waals surface area contributed by atoms with Crippen LogP contribution in [0.5, 0.6) is 0 Å². The number of anilines is 2. The van der Waals surface area contributed by atoms with E-state index in [1.54, 1.807) is 19.4 Å². The van der Waals surface area contributed by atoms with E-state index in [1.807, 2.05) is 47.3 Å². The maximum absolute atomic E-state index is 13.2. The third kappa shape index (κ3) is 5.84. The molecule has 4 rings (SSSR count). The van der Waals surface area contributed by atoms with E-state index in [-0.39, 0.29) is 11.9 Å². The van der Waals surface area contributed by atoms with Crippen LogP contribution < -0.4 is 16.0 Å². The minimum Gasteiger partial charge on any atom is -0.358 e. The summed E-state index contributed by atoms with van der Waals surface area (Å²) in [4.78, 5) is 26.4. The third-order valence-corrected chi connectivity index (χ3v) is 5.93. The fourth-order valence-electron chi connectivity index (χ4n) is 4.22. The summed E-state index contributed by atoms with van der Waals surface area (Å²) < 4.78 is 1.92. The smallest absolute Gasteiger partial charge is 0.242 e. The lowest BCUT2D eigenvalue weighted by atomic mass is 9.84. The minimum atomic E-state index is -0.369. The number of nitrogens with one attached hydrogen (secondary N) is 3. The third-order valence-electron chi connectivity index (χ3n) is 5.93. The molecule has 8 heteroatoms. The number of hydrogen-bond donors (Lipinski definition) is 3. The Hall–Kier alpha value is -3.42. The monoisotopic (exact) mass is 433 g/mol. The highest BCUT2D eigenvalue weighted by molar-refractivity contribution is 5.84. The highest BCUT2D eigenvalue weighted by atomic mass is 16.2. The SMILES string of the molecule is CNc1nc(NC(CC2CCCCC2)C(=O)NCc2cccnc2)cc(-n2cccc2)n1. The fraction of sp³-hybridized carbons (Fsp3) is 0.417. The van der Waals surface area contributed by atoms with Gasteiger partial charge in [0, 0.05) is 44.4 Å². The molecule has 1 atom stereocenters. The minimum absolute atomic E-state index is 0.0217. The van der Waals surface area contributed by atoms with Crippen molar-refractivity contribution in [1.29, 1.82) is 0 Å². The highest BCUT2D eigenvalue weighted by Crippen LogP contribution is 2.28. The second kappa shape index (κ2) is 10.7. The standard InChI is InChI=1S/C24H31N7O/c1-25-24-29-21(15-22(30-24)31-12-5-6-13-31)28-20(14-18-8-3-2-4-9-18)23(32)27-17-19-10-7-11-26-16-19/h5-7,10-13,15-16,18,20H,2-4,8-9,14,17H2,1H3,(H,27,32)(H2,25,28,29,30). The van der Waals surface area contributed by atoms with Crippen LogP contribution in [0.1, 0.15) is 44.1 Å². The van der Waals surface area contributed by atoms with Crippen LogP contribution in [0.3, 0.4) is 0 Å². The van der Waals surface area contributed by atoms with Gasteiger partial charge in [-0.1, -0.05) is 38.2 Å². The average molecular weight is 434 g/mol. The van der Waals surface area contributed by atoms with E-state index in [2.05, 4.69) is 30.9 Å². The summed E-state index contributed by atoms with van der Waals surface area (Å²) in [6, 6.07) is 9.25. The molecule has 1 amide bonds. The zero-order valence-electron chi connectivity index (χ0n) is 18.5. The summed E-state index contributed by atoms with van der Waals surface area (Å²) >= 11 is 0. The molecule has 1 aliphatic carbocycles. The zero-order valence-corrected chi connectivity index (χ0v) is 18.5. The maximum atomic E-state index is 13.2. The largest absolute Gasteiger partial charge is 0.358 e. The summed E-state index contributed by atoms with van der Waals surface area (Å²) in [6.45, 7) is 0.454. The Labute approximate surface area is 188 Å². The van der Waals surface area contributed by atoms with Crippen molar-refractivity contribution >= 4 is 17.7 Å². The van der Waals surface area contributed by atoms with Crippen LogP contribution >= 0.6 is 0 Å². The van der Waals surface area contributed by atoms with E-state index in [1.165, 1.54) is 32.1 Å². The molecule has 3 aromatic rings.